The summed E-state index contributed by atoms with van der Waals surface area (Å²) in [7, 11) is 2.04. The quantitative estimate of drug-likeness (QED) is 0.840. The molecule has 1 unspecified atom stereocenters. The van der Waals surface area contributed by atoms with E-state index in [2.05, 4.69) is 36.4 Å². The second-order valence-electron chi connectivity index (χ2n) is 4.74. The first-order valence-corrected chi connectivity index (χ1v) is 5.70. The van der Waals surface area contributed by atoms with Gasteiger partial charge in [-0.05, 0) is 24.5 Å². The number of rotatable bonds is 2. The van der Waals surface area contributed by atoms with Crippen molar-refractivity contribution in [3.05, 3.63) is 29.6 Å². The average Bonchev–Trinajstić information content (AvgIpc) is 2.56. The van der Waals surface area contributed by atoms with Crippen molar-refractivity contribution < 1.29 is 0 Å². The summed E-state index contributed by atoms with van der Waals surface area (Å²) in [6.45, 7) is 6.35. The maximum Gasteiger partial charge on any atom is 0.126 e. The van der Waals surface area contributed by atoms with E-state index in [0.29, 0.717) is 5.92 Å². The van der Waals surface area contributed by atoms with Crippen molar-refractivity contribution in [2.24, 2.45) is 18.7 Å². The second kappa shape index (κ2) is 3.91. The van der Waals surface area contributed by atoms with E-state index in [1.807, 2.05) is 19.2 Å². The van der Waals surface area contributed by atoms with Crippen LogP contribution in [0, 0.1) is 12.8 Å². The zero-order valence-corrected chi connectivity index (χ0v) is 10.4. The zero-order valence-electron chi connectivity index (χ0n) is 10.4. The number of hydrogen-bond acceptors (Lipinski definition) is 2. The molecule has 0 fully saturated rings. The molecule has 86 valence electrons. The van der Waals surface area contributed by atoms with E-state index in [1.54, 1.807) is 0 Å². The number of nitrogens with zero attached hydrogens (tertiary/aromatic N) is 2. The van der Waals surface area contributed by atoms with Crippen LogP contribution in [0.15, 0.2) is 18.2 Å². The predicted molar refractivity (Wildman–Crippen MR) is 67.2 cm³/mol. The van der Waals surface area contributed by atoms with Gasteiger partial charge in [0.25, 0.3) is 0 Å². The lowest BCUT2D eigenvalue weighted by Crippen LogP contribution is -2.20. The molecule has 3 heteroatoms. The summed E-state index contributed by atoms with van der Waals surface area (Å²) in [5, 5.41) is 0. The fourth-order valence-corrected chi connectivity index (χ4v) is 2.08. The van der Waals surface area contributed by atoms with E-state index in [-0.39, 0.29) is 6.04 Å². The van der Waals surface area contributed by atoms with Crippen molar-refractivity contribution in [3.63, 3.8) is 0 Å². The summed E-state index contributed by atoms with van der Waals surface area (Å²) >= 11 is 0. The van der Waals surface area contributed by atoms with Gasteiger partial charge in [-0.15, -0.1) is 0 Å². The van der Waals surface area contributed by atoms with Crippen molar-refractivity contribution in [3.8, 4) is 0 Å². The smallest absolute Gasteiger partial charge is 0.126 e. The molecule has 0 aliphatic carbocycles. The Balaban J connectivity index is 2.65. The molecule has 1 atom stereocenters. The molecule has 0 amide bonds. The van der Waals surface area contributed by atoms with Crippen LogP contribution in [0.5, 0.6) is 0 Å². The summed E-state index contributed by atoms with van der Waals surface area (Å²) in [6.07, 6.45) is 0. The molecule has 2 N–H and O–H groups in total. The number of imidazole rings is 1. The molecule has 0 saturated heterocycles. The van der Waals surface area contributed by atoms with Crippen LogP contribution in [0.4, 0.5) is 0 Å². The summed E-state index contributed by atoms with van der Waals surface area (Å²) in [6, 6.07) is 6.18. The third-order valence-electron chi connectivity index (χ3n) is 3.15. The van der Waals surface area contributed by atoms with Gasteiger partial charge in [0.1, 0.15) is 5.82 Å². The number of nitrogens with two attached hydrogens (primary N) is 1. The minimum absolute atomic E-state index is 0.00296. The number of aromatic nitrogens is 2. The summed E-state index contributed by atoms with van der Waals surface area (Å²) in [4.78, 5) is 4.63. The van der Waals surface area contributed by atoms with Gasteiger partial charge < -0.3 is 10.3 Å². The SMILES string of the molecule is Cc1cccc2nc(C(N)C(C)C)n(C)c12. The van der Waals surface area contributed by atoms with Gasteiger partial charge in [-0.25, -0.2) is 4.98 Å². The minimum atomic E-state index is -0.00296. The van der Waals surface area contributed by atoms with Gasteiger partial charge in [0.2, 0.25) is 0 Å². The Bertz CT molecular complexity index is 511. The first-order chi connectivity index (χ1) is 7.52. The maximum atomic E-state index is 6.17. The van der Waals surface area contributed by atoms with Gasteiger partial charge in [0.15, 0.2) is 0 Å². The van der Waals surface area contributed by atoms with Gasteiger partial charge >= 0.3 is 0 Å². The molecule has 2 rings (SSSR count). The Hall–Kier alpha value is -1.35. The largest absolute Gasteiger partial charge is 0.330 e. The minimum Gasteiger partial charge on any atom is -0.330 e. The molecule has 0 saturated carbocycles. The number of fused-ring (bicyclic) bond motifs is 1. The average molecular weight is 217 g/mol. The number of para-hydroxylation sites is 1. The third-order valence-corrected chi connectivity index (χ3v) is 3.15. The highest BCUT2D eigenvalue weighted by Gasteiger charge is 2.18. The normalized spacial score (nSPS) is 13.6. The Labute approximate surface area is 96.3 Å². The van der Waals surface area contributed by atoms with Crippen LogP contribution < -0.4 is 5.73 Å². The van der Waals surface area contributed by atoms with E-state index in [9.17, 15) is 0 Å². The van der Waals surface area contributed by atoms with Gasteiger partial charge in [0, 0.05) is 7.05 Å². The Morgan fingerprint density at radius 3 is 2.56 bits per heavy atom. The van der Waals surface area contributed by atoms with Gasteiger partial charge in [-0.1, -0.05) is 26.0 Å². The molecule has 3 nitrogen and oxygen atoms in total. The predicted octanol–water partition coefficient (Wildman–Crippen LogP) is 2.54. The van der Waals surface area contributed by atoms with Crippen molar-refractivity contribution in [1.29, 1.82) is 0 Å². The molecule has 1 heterocycles. The van der Waals surface area contributed by atoms with E-state index in [1.165, 1.54) is 11.1 Å². The molecule has 0 aliphatic rings. The van der Waals surface area contributed by atoms with Crippen LogP contribution in [-0.2, 0) is 7.05 Å². The fourth-order valence-electron chi connectivity index (χ4n) is 2.08. The van der Waals surface area contributed by atoms with Crippen LogP contribution >= 0.6 is 0 Å². The van der Waals surface area contributed by atoms with Crippen molar-refractivity contribution in [2.45, 2.75) is 26.8 Å². The Morgan fingerprint density at radius 1 is 1.31 bits per heavy atom. The molecule has 0 aliphatic heterocycles. The molecular weight excluding hydrogens is 198 g/mol. The van der Waals surface area contributed by atoms with Crippen LogP contribution in [0.3, 0.4) is 0 Å². The molecule has 0 bridgehead atoms. The highest BCUT2D eigenvalue weighted by Crippen LogP contribution is 2.24. The van der Waals surface area contributed by atoms with Gasteiger partial charge in [-0.2, -0.15) is 0 Å². The van der Waals surface area contributed by atoms with E-state index >= 15 is 0 Å². The highest BCUT2D eigenvalue weighted by molar-refractivity contribution is 5.79. The summed E-state index contributed by atoms with van der Waals surface area (Å²) < 4.78 is 2.12. The molecule has 16 heavy (non-hydrogen) atoms. The van der Waals surface area contributed by atoms with Gasteiger partial charge in [-0.3, -0.25) is 0 Å². The van der Waals surface area contributed by atoms with Crippen LogP contribution in [0.1, 0.15) is 31.3 Å². The Morgan fingerprint density at radius 2 is 2.00 bits per heavy atom. The molecule has 2 aromatic rings. The zero-order chi connectivity index (χ0) is 11.9. The first-order valence-electron chi connectivity index (χ1n) is 5.70. The van der Waals surface area contributed by atoms with E-state index in [4.69, 9.17) is 5.73 Å². The summed E-state index contributed by atoms with van der Waals surface area (Å²) in [5.41, 5.74) is 9.64. The topological polar surface area (TPSA) is 43.8 Å². The lowest BCUT2D eigenvalue weighted by molar-refractivity contribution is 0.480. The molecule has 0 spiro atoms. The van der Waals surface area contributed by atoms with Crippen molar-refractivity contribution >= 4 is 11.0 Å². The fraction of sp³-hybridized carbons (Fsp3) is 0.462. The Kier molecular flexibility index (Phi) is 2.72. The molecule has 1 aromatic carbocycles. The number of hydrogen-bond donors (Lipinski definition) is 1. The van der Waals surface area contributed by atoms with Crippen LogP contribution in [-0.4, -0.2) is 9.55 Å². The first kappa shape index (κ1) is 11.1. The third kappa shape index (κ3) is 1.61. The maximum absolute atomic E-state index is 6.17. The molecule has 1 aromatic heterocycles. The summed E-state index contributed by atoms with van der Waals surface area (Å²) in [5.74, 6) is 1.37. The second-order valence-corrected chi connectivity index (χ2v) is 4.74. The van der Waals surface area contributed by atoms with E-state index in [0.717, 1.165) is 11.3 Å². The van der Waals surface area contributed by atoms with Crippen molar-refractivity contribution in [2.75, 3.05) is 0 Å². The number of aryl methyl sites for hydroxylation is 2. The van der Waals surface area contributed by atoms with Crippen LogP contribution in [0.2, 0.25) is 0 Å². The van der Waals surface area contributed by atoms with E-state index < -0.39 is 0 Å². The monoisotopic (exact) mass is 217 g/mol. The lowest BCUT2D eigenvalue weighted by atomic mass is 10.1. The highest BCUT2D eigenvalue weighted by atomic mass is 15.1. The standard InChI is InChI=1S/C13H19N3/c1-8(2)11(14)13-15-10-7-5-6-9(3)12(10)16(13)4/h5-8,11H,14H2,1-4H3. The van der Waals surface area contributed by atoms with Crippen LogP contribution in [0.25, 0.3) is 11.0 Å². The lowest BCUT2D eigenvalue weighted by Gasteiger charge is -2.15. The molecular formula is C13H19N3. The van der Waals surface area contributed by atoms with Crippen molar-refractivity contribution in [1.82, 2.24) is 9.55 Å². The molecule has 0 radical (unpaired) electrons. The number of benzene rings is 1. The van der Waals surface area contributed by atoms with Gasteiger partial charge in [0.05, 0.1) is 17.1 Å².